The summed E-state index contributed by atoms with van der Waals surface area (Å²) in [7, 11) is 4.10. The highest BCUT2D eigenvalue weighted by molar-refractivity contribution is 6.30. The van der Waals surface area contributed by atoms with E-state index >= 15 is 0 Å². The topological polar surface area (TPSA) is 67.6 Å². The molecule has 1 rings (SSSR count). The van der Waals surface area contributed by atoms with Gasteiger partial charge in [0.05, 0.1) is 0 Å². The molecular formula is C14H22ClN3O2. The monoisotopic (exact) mass is 299 g/mol. The number of nitrogens with one attached hydrogen (secondary N) is 1. The van der Waals surface area contributed by atoms with Crippen LogP contribution in [0.4, 0.5) is 0 Å². The molecule has 0 bridgehead atoms. The van der Waals surface area contributed by atoms with Crippen molar-refractivity contribution in [1.82, 2.24) is 10.2 Å². The van der Waals surface area contributed by atoms with E-state index < -0.39 is 5.91 Å². The maximum absolute atomic E-state index is 10.8. The summed E-state index contributed by atoms with van der Waals surface area (Å²) in [4.78, 5) is 12.9. The van der Waals surface area contributed by atoms with Crippen molar-refractivity contribution in [2.24, 2.45) is 5.73 Å². The first-order chi connectivity index (χ1) is 9.49. The van der Waals surface area contributed by atoms with Gasteiger partial charge in [-0.3, -0.25) is 4.79 Å². The largest absolute Gasteiger partial charge is 0.483 e. The number of ether oxygens (including phenoxy) is 1. The number of primary amides is 1. The summed E-state index contributed by atoms with van der Waals surface area (Å²) in [6.45, 7) is 2.45. The van der Waals surface area contributed by atoms with Gasteiger partial charge in [0.1, 0.15) is 5.75 Å². The fraction of sp³-hybridized carbons (Fsp3) is 0.500. The van der Waals surface area contributed by atoms with Gasteiger partial charge in [0.25, 0.3) is 5.91 Å². The highest BCUT2D eigenvalue weighted by Crippen LogP contribution is 2.22. The predicted octanol–water partition coefficient (Wildman–Crippen LogP) is 1.25. The summed E-state index contributed by atoms with van der Waals surface area (Å²) in [6.07, 6.45) is 1.06. The Morgan fingerprint density at radius 1 is 1.45 bits per heavy atom. The minimum absolute atomic E-state index is 0.130. The van der Waals surface area contributed by atoms with E-state index in [0.29, 0.717) is 17.3 Å². The van der Waals surface area contributed by atoms with E-state index in [1.165, 1.54) is 0 Å². The predicted molar refractivity (Wildman–Crippen MR) is 81.0 cm³/mol. The Hall–Kier alpha value is -1.30. The Bertz CT molecular complexity index is 438. The van der Waals surface area contributed by atoms with Crippen LogP contribution in [-0.4, -0.2) is 44.6 Å². The van der Waals surface area contributed by atoms with Gasteiger partial charge in [0, 0.05) is 17.1 Å². The van der Waals surface area contributed by atoms with E-state index in [0.717, 1.165) is 25.1 Å². The number of rotatable bonds is 9. The third-order valence-electron chi connectivity index (χ3n) is 2.67. The van der Waals surface area contributed by atoms with Crippen LogP contribution in [0.3, 0.4) is 0 Å². The van der Waals surface area contributed by atoms with Crippen LogP contribution in [0.15, 0.2) is 18.2 Å². The van der Waals surface area contributed by atoms with Crippen molar-refractivity contribution < 1.29 is 9.53 Å². The van der Waals surface area contributed by atoms with Gasteiger partial charge in [-0.2, -0.15) is 0 Å². The minimum Gasteiger partial charge on any atom is -0.483 e. The lowest BCUT2D eigenvalue weighted by atomic mass is 10.2. The fourth-order valence-electron chi connectivity index (χ4n) is 1.72. The van der Waals surface area contributed by atoms with Crippen molar-refractivity contribution in [1.29, 1.82) is 0 Å². The zero-order valence-electron chi connectivity index (χ0n) is 12.0. The van der Waals surface area contributed by atoms with Gasteiger partial charge in [-0.1, -0.05) is 11.6 Å². The summed E-state index contributed by atoms with van der Waals surface area (Å²) in [5, 5.41) is 3.97. The van der Waals surface area contributed by atoms with Crippen molar-refractivity contribution >= 4 is 17.5 Å². The molecule has 0 aliphatic carbocycles. The van der Waals surface area contributed by atoms with Crippen molar-refractivity contribution in [3.8, 4) is 5.75 Å². The molecule has 0 aliphatic heterocycles. The summed E-state index contributed by atoms with van der Waals surface area (Å²) in [5.41, 5.74) is 6.00. The number of halogens is 1. The SMILES string of the molecule is CN(C)CCCNCc1cc(Cl)ccc1OCC(N)=O. The van der Waals surface area contributed by atoms with E-state index in [4.69, 9.17) is 22.1 Å². The van der Waals surface area contributed by atoms with Gasteiger partial charge in [0.15, 0.2) is 6.61 Å². The Morgan fingerprint density at radius 3 is 2.85 bits per heavy atom. The van der Waals surface area contributed by atoms with Crippen LogP contribution >= 0.6 is 11.6 Å². The molecule has 3 N–H and O–H groups in total. The van der Waals surface area contributed by atoms with Gasteiger partial charge in [-0.05, 0) is 51.8 Å². The number of hydrogen-bond acceptors (Lipinski definition) is 4. The number of hydrogen-bond donors (Lipinski definition) is 2. The van der Waals surface area contributed by atoms with Crippen LogP contribution in [0.5, 0.6) is 5.75 Å². The van der Waals surface area contributed by atoms with Gasteiger partial charge in [-0.25, -0.2) is 0 Å². The average molecular weight is 300 g/mol. The first kappa shape index (κ1) is 16.8. The molecule has 112 valence electrons. The van der Waals surface area contributed by atoms with Crippen molar-refractivity contribution in [3.05, 3.63) is 28.8 Å². The molecule has 0 saturated carbocycles. The third-order valence-corrected chi connectivity index (χ3v) is 2.90. The summed E-state index contributed by atoms with van der Waals surface area (Å²) in [6, 6.07) is 5.31. The van der Waals surface area contributed by atoms with Gasteiger partial charge < -0.3 is 20.7 Å². The molecule has 0 unspecified atom stereocenters. The molecule has 0 heterocycles. The zero-order valence-corrected chi connectivity index (χ0v) is 12.7. The number of nitrogens with two attached hydrogens (primary N) is 1. The summed E-state index contributed by atoms with van der Waals surface area (Å²) < 4.78 is 5.37. The highest BCUT2D eigenvalue weighted by atomic mass is 35.5. The molecule has 1 aromatic rings. The molecule has 0 aliphatic rings. The highest BCUT2D eigenvalue weighted by Gasteiger charge is 2.06. The lowest BCUT2D eigenvalue weighted by molar-refractivity contribution is -0.119. The molecule has 0 radical (unpaired) electrons. The maximum atomic E-state index is 10.8. The van der Waals surface area contributed by atoms with Crippen LogP contribution in [0.25, 0.3) is 0 Å². The molecule has 0 spiro atoms. The standard InChI is InChI=1S/C14H22ClN3O2/c1-18(2)7-3-6-17-9-11-8-12(15)4-5-13(11)20-10-14(16)19/h4-5,8,17H,3,6-7,9-10H2,1-2H3,(H2,16,19). The number of carbonyl (C=O) groups excluding carboxylic acids is 1. The van der Waals surface area contributed by atoms with E-state index in [1.54, 1.807) is 12.1 Å². The van der Waals surface area contributed by atoms with Crippen LogP contribution in [0.2, 0.25) is 5.02 Å². The first-order valence-corrected chi connectivity index (χ1v) is 6.92. The Balaban J connectivity index is 2.49. The fourth-order valence-corrected chi connectivity index (χ4v) is 1.91. The summed E-state index contributed by atoms with van der Waals surface area (Å²) >= 11 is 5.98. The van der Waals surface area contributed by atoms with Gasteiger partial charge >= 0.3 is 0 Å². The molecular weight excluding hydrogens is 278 g/mol. The second-order valence-corrected chi connectivity index (χ2v) is 5.28. The van der Waals surface area contributed by atoms with Crippen molar-refractivity contribution in [2.45, 2.75) is 13.0 Å². The minimum atomic E-state index is -0.496. The normalized spacial score (nSPS) is 10.8. The molecule has 1 amide bonds. The smallest absolute Gasteiger partial charge is 0.255 e. The second kappa shape index (κ2) is 8.79. The molecule has 0 aromatic heterocycles. The van der Waals surface area contributed by atoms with E-state index in [9.17, 15) is 4.79 Å². The summed E-state index contributed by atoms with van der Waals surface area (Å²) in [5.74, 6) is 0.137. The number of nitrogens with zero attached hydrogens (tertiary/aromatic N) is 1. The second-order valence-electron chi connectivity index (χ2n) is 4.84. The molecule has 0 atom stereocenters. The molecule has 6 heteroatoms. The quantitative estimate of drug-likeness (QED) is 0.673. The van der Waals surface area contributed by atoms with Gasteiger partial charge in [0.2, 0.25) is 0 Å². The molecule has 0 fully saturated rings. The van der Waals surface area contributed by atoms with Gasteiger partial charge in [-0.15, -0.1) is 0 Å². The Labute approximate surface area is 125 Å². The lowest BCUT2D eigenvalue weighted by Crippen LogP contribution is -2.22. The van der Waals surface area contributed by atoms with E-state index in [1.807, 2.05) is 20.2 Å². The third kappa shape index (κ3) is 6.75. The average Bonchev–Trinajstić information content (AvgIpc) is 2.36. The first-order valence-electron chi connectivity index (χ1n) is 6.54. The number of benzene rings is 1. The Kier molecular flexibility index (Phi) is 7.36. The van der Waals surface area contributed by atoms with E-state index in [-0.39, 0.29) is 6.61 Å². The van der Waals surface area contributed by atoms with E-state index in [2.05, 4.69) is 10.2 Å². The number of amides is 1. The molecule has 5 nitrogen and oxygen atoms in total. The van der Waals surface area contributed by atoms with Crippen molar-refractivity contribution in [2.75, 3.05) is 33.8 Å². The molecule has 20 heavy (non-hydrogen) atoms. The molecule has 1 aromatic carbocycles. The van der Waals surface area contributed by atoms with Crippen LogP contribution in [0.1, 0.15) is 12.0 Å². The Morgan fingerprint density at radius 2 is 2.20 bits per heavy atom. The molecule has 0 saturated heterocycles. The van der Waals surface area contributed by atoms with Crippen molar-refractivity contribution in [3.63, 3.8) is 0 Å². The zero-order chi connectivity index (χ0) is 15.0. The number of carbonyl (C=O) groups is 1. The van der Waals surface area contributed by atoms with Crippen LogP contribution in [-0.2, 0) is 11.3 Å². The van der Waals surface area contributed by atoms with Crippen LogP contribution in [0, 0.1) is 0 Å². The maximum Gasteiger partial charge on any atom is 0.255 e. The van der Waals surface area contributed by atoms with Crippen LogP contribution < -0.4 is 15.8 Å². The lowest BCUT2D eigenvalue weighted by Gasteiger charge is -2.13.